The summed E-state index contributed by atoms with van der Waals surface area (Å²) in [5.41, 5.74) is 0. The van der Waals surface area contributed by atoms with Crippen LogP contribution in [-0.4, -0.2) is 24.9 Å². The van der Waals surface area contributed by atoms with Crippen LogP contribution >= 0.6 is 0 Å². The van der Waals surface area contributed by atoms with Crippen LogP contribution in [0.5, 0.6) is 0 Å². The summed E-state index contributed by atoms with van der Waals surface area (Å²) in [6.45, 7) is 0. The zero-order valence-corrected chi connectivity index (χ0v) is 9.15. The average molecular weight is 226 g/mol. The molecule has 1 N–H and O–H groups in total. The number of hydrogen-bond donors (Lipinski definition) is 1. The SMILES string of the molecule is O=S(=O)(c1ccccc1)C1CC[C@@H](O)C1. The zero-order valence-electron chi connectivity index (χ0n) is 8.33. The van der Waals surface area contributed by atoms with Crippen LogP contribution in [-0.2, 0) is 9.84 Å². The van der Waals surface area contributed by atoms with E-state index in [1.54, 1.807) is 30.3 Å². The number of aliphatic hydroxyl groups excluding tert-OH is 1. The second-order valence-corrected chi connectivity index (χ2v) is 6.18. The molecule has 0 amide bonds. The Morgan fingerprint density at radius 3 is 2.33 bits per heavy atom. The van der Waals surface area contributed by atoms with Crippen molar-refractivity contribution < 1.29 is 13.5 Å². The molecule has 2 rings (SSSR count). The molecule has 0 aliphatic heterocycles. The summed E-state index contributed by atoms with van der Waals surface area (Å²) in [4.78, 5) is 0.365. The molecule has 15 heavy (non-hydrogen) atoms. The van der Waals surface area contributed by atoms with Gasteiger partial charge in [0.25, 0.3) is 0 Å². The van der Waals surface area contributed by atoms with Gasteiger partial charge in [0.2, 0.25) is 0 Å². The summed E-state index contributed by atoms with van der Waals surface area (Å²) in [6, 6.07) is 8.46. The third-order valence-electron chi connectivity index (χ3n) is 2.87. The minimum absolute atomic E-state index is 0.365. The lowest BCUT2D eigenvalue weighted by atomic mass is 10.3. The van der Waals surface area contributed by atoms with Gasteiger partial charge in [-0.25, -0.2) is 8.42 Å². The first-order valence-corrected chi connectivity index (χ1v) is 6.62. The molecule has 1 aliphatic rings. The normalized spacial score (nSPS) is 26.7. The third-order valence-corrected chi connectivity index (χ3v) is 5.10. The maximum Gasteiger partial charge on any atom is 0.181 e. The van der Waals surface area contributed by atoms with Crippen molar-refractivity contribution in [3.8, 4) is 0 Å². The highest BCUT2D eigenvalue weighted by molar-refractivity contribution is 7.92. The maximum atomic E-state index is 12.1. The van der Waals surface area contributed by atoms with E-state index in [4.69, 9.17) is 0 Å². The molecule has 0 aromatic heterocycles. The molecule has 2 atom stereocenters. The van der Waals surface area contributed by atoms with Crippen molar-refractivity contribution in [1.82, 2.24) is 0 Å². The highest BCUT2D eigenvalue weighted by Gasteiger charge is 2.34. The second kappa shape index (κ2) is 3.94. The first-order valence-electron chi connectivity index (χ1n) is 5.08. The lowest BCUT2D eigenvalue weighted by Crippen LogP contribution is -2.19. The Balaban J connectivity index is 2.28. The minimum Gasteiger partial charge on any atom is -0.393 e. The summed E-state index contributed by atoms with van der Waals surface area (Å²) >= 11 is 0. The lowest BCUT2D eigenvalue weighted by Gasteiger charge is -2.10. The van der Waals surface area contributed by atoms with Gasteiger partial charge in [-0.2, -0.15) is 0 Å². The number of hydrogen-bond acceptors (Lipinski definition) is 3. The van der Waals surface area contributed by atoms with E-state index in [1.807, 2.05) is 0 Å². The Hall–Kier alpha value is -0.870. The fourth-order valence-electron chi connectivity index (χ4n) is 2.00. The molecule has 0 saturated heterocycles. The molecular formula is C11H14O3S. The van der Waals surface area contributed by atoms with E-state index in [1.165, 1.54) is 0 Å². The van der Waals surface area contributed by atoms with Crippen LogP contribution in [0, 0.1) is 0 Å². The van der Waals surface area contributed by atoms with Crippen molar-refractivity contribution >= 4 is 9.84 Å². The van der Waals surface area contributed by atoms with Gasteiger partial charge in [0.05, 0.1) is 16.2 Å². The highest BCUT2D eigenvalue weighted by atomic mass is 32.2. The molecule has 1 aromatic carbocycles. The monoisotopic (exact) mass is 226 g/mol. The molecule has 4 heteroatoms. The molecular weight excluding hydrogens is 212 g/mol. The van der Waals surface area contributed by atoms with Crippen molar-refractivity contribution in [2.45, 2.75) is 35.5 Å². The first kappa shape index (κ1) is 10.6. The third kappa shape index (κ3) is 2.06. The van der Waals surface area contributed by atoms with Gasteiger partial charge < -0.3 is 5.11 Å². The molecule has 0 radical (unpaired) electrons. The maximum absolute atomic E-state index is 12.1. The molecule has 82 valence electrons. The number of benzene rings is 1. The molecule has 3 nitrogen and oxygen atoms in total. The molecule has 1 fully saturated rings. The fraction of sp³-hybridized carbons (Fsp3) is 0.455. The van der Waals surface area contributed by atoms with Gasteiger partial charge in [-0.1, -0.05) is 18.2 Å². The van der Waals surface area contributed by atoms with E-state index in [-0.39, 0.29) is 0 Å². The summed E-state index contributed by atoms with van der Waals surface area (Å²) < 4.78 is 24.1. The second-order valence-electron chi connectivity index (χ2n) is 3.95. The summed E-state index contributed by atoms with van der Waals surface area (Å²) in [6.07, 6.45) is 1.08. The van der Waals surface area contributed by atoms with Crippen molar-refractivity contribution in [1.29, 1.82) is 0 Å². The number of aliphatic hydroxyl groups is 1. The Labute approximate surface area is 89.7 Å². The molecule has 1 aromatic rings. The van der Waals surface area contributed by atoms with Crippen LogP contribution in [0.4, 0.5) is 0 Å². The molecule has 1 aliphatic carbocycles. The van der Waals surface area contributed by atoms with Gasteiger partial charge >= 0.3 is 0 Å². The molecule has 1 unspecified atom stereocenters. The van der Waals surface area contributed by atoms with Crippen LogP contribution < -0.4 is 0 Å². The Morgan fingerprint density at radius 1 is 1.13 bits per heavy atom. The van der Waals surface area contributed by atoms with Crippen LogP contribution in [0.2, 0.25) is 0 Å². The lowest BCUT2D eigenvalue weighted by molar-refractivity contribution is 0.183. The fourth-order valence-corrected chi connectivity index (χ4v) is 3.85. The van der Waals surface area contributed by atoms with Gasteiger partial charge in [0.15, 0.2) is 9.84 Å². The highest BCUT2D eigenvalue weighted by Crippen LogP contribution is 2.29. The van der Waals surface area contributed by atoms with Gasteiger partial charge in [0, 0.05) is 0 Å². The van der Waals surface area contributed by atoms with E-state index in [0.717, 1.165) is 0 Å². The molecule has 0 bridgehead atoms. The summed E-state index contributed by atoms with van der Waals surface area (Å²) in [7, 11) is -3.23. The molecule has 0 spiro atoms. The molecule has 0 heterocycles. The summed E-state index contributed by atoms with van der Waals surface area (Å²) in [5, 5.41) is 8.94. The van der Waals surface area contributed by atoms with Crippen molar-refractivity contribution in [3.63, 3.8) is 0 Å². The van der Waals surface area contributed by atoms with E-state index < -0.39 is 21.2 Å². The van der Waals surface area contributed by atoms with E-state index in [2.05, 4.69) is 0 Å². The standard InChI is InChI=1S/C11H14O3S/c12-9-6-7-11(8-9)15(13,14)10-4-2-1-3-5-10/h1-5,9,11-12H,6-8H2/t9-,11?/m1/s1. The van der Waals surface area contributed by atoms with Crippen molar-refractivity contribution in [3.05, 3.63) is 30.3 Å². The Morgan fingerprint density at radius 2 is 1.80 bits per heavy atom. The van der Waals surface area contributed by atoms with Crippen LogP contribution in [0.15, 0.2) is 35.2 Å². The Kier molecular flexibility index (Phi) is 2.80. The smallest absolute Gasteiger partial charge is 0.181 e. The first-order chi connectivity index (χ1) is 7.10. The minimum atomic E-state index is -3.23. The number of rotatable bonds is 2. The van der Waals surface area contributed by atoms with Crippen LogP contribution in [0.25, 0.3) is 0 Å². The predicted molar refractivity (Wildman–Crippen MR) is 57.3 cm³/mol. The van der Waals surface area contributed by atoms with Crippen molar-refractivity contribution in [2.75, 3.05) is 0 Å². The topological polar surface area (TPSA) is 54.4 Å². The quantitative estimate of drug-likeness (QED) is 0.828. The van der Waals surface area contributed by atoms with Gasteiger partial charge in [-0.15, -0.1) is 0 Å². The summed E-state index contributed by atoms with van der Waals surface area (Å²) in [5.74, 6) is 0. The Bertz CT molecular complexity index is 424. The van der Waals surface area contributed by atoms with Gasteiger partial charge in [0.1, 0.15) is 0 Å². The largest absolute Gasteiger partial charge is 0.393 e. The van der Waals surface area contributed by atoms with Gasteiger partial charge in [-0.3, -0.25) is 0 Å². The average Bonchev–Trinajstić information content (AvgIpc) is 2.67. The van der Waals surface area contributed by atoms with E-state index in [9.17, 15) is 13.5 Å². The van der Waals surface area contributed by atoms with Crippen LogP contribution in [0.3, 0.4) is 0 Å². The van der Waals surface area contributed by atoms with E-state index in [0.29, 0.717) is 24.2 Å². The predicted octanol–water partition coefficient (Wildman–Crippen LogP) is 1.37. The van der Waals surface area contributed by atoms with E-state index >= 15 is 0 Å². The van der Waals surface area contributed by atoms with Gasteiger partial charge in [-0.05, 0) is 31.4 Å². The van der Waals surface area contributed by atoms with Crippen molar-refractivity contribution in [2.24, 2.45) is 0 Å². The molecule has 1 saturated carbocycles. The zero-order chi connectivity index (χ0) is 10.9. The number of sulfone groups is 1. The van der Waals surface area contributed by atoms with Crippen LogP contribution in [0.1, 0.15) is 19.3 Å².